The van der Waals surface area contributed by atoms with Gasteiger partial charge in [-0.25, -0.2) is 4.98 Å². The Bertz CT molecular complexity index is 644. The molecule has 1 aliphatic rings. The number of hydrogen-bond donors (Lipinski definition) is 1. The first-order valence-corrected chi connectivity index (χ1v) is 7.61. The molecule has 1 atom stereocenters. The number of carbonyl (C=O) groups is 1. The molecule has 1 aliphatic heterocycles. The van der Waals surface area contributed by atoms with Gasteiger partial charge < -0.3 is 10.2 Å². The van der Waals surface area contributed by atoms with Crippen molar-refractivity contribution in [2.24, 2.45) is 0 Å². The molecule has 2 aromatic rings. The summed E-state index contributed by atoms with van der Waals surface area (Å²) in [5, 5.41) is 3.07. The Balaban J connectivity index is 1.75. The van der Waals surface area contributed by atoms with Crippen molar-refractivity contribution < 1.29 is 4.79 Å². The standard InChI is InChI=1S/C17H20N4O/c1-18-16-11-14(6-9-20-16)15-3-2-10-21(12-15)17(22)13-4-7-19-8-5-13/h4-9,11,15H,2-3,10,12H2,1H3,(H,18,20)/t15-/m1/s1. The lowest BCUT2D eigenvalue weighted by atomic mass is 9.91. The van der Waals surface area contributed by atoms with Gasteiger partial charge in [0.05, 0.1) is 0 Å². The third kappa shape index (κ3) is 3.08. The molecule has 1 N–H and O–H groups in total. The summed E-state index contributed by atoms with van der Waals surface area (Å²) in [6, 6.07) is 7.67. The van der Waals surface area contributed by atoms with Gasteiger partial charge in [-0.3, -0.25) is 9.78 Å². The summed E-state index contributed by atoms with van der Waals surface area (Å²) in [5.41, 5.74) is 1.95. The van der Waals surface area contributed by atoms with Gasteiger partial charge in [0.15, 0.2) is 0 Å². The van der Waals surface area contributed by atoms with Gasteiger partial charge in [0.2, 0.25) is 0 Å². The number of amides is 1. The fraction of sp³-hybridized carbons (Fsp3) is 0.353. The van der Waals surface area contributed by atoms with Crippen LogP contribution < -0.4 is 5.32 Å². The molecule has 3 rings (SSSR count). The predicted molar refractivity (Wildman–Crippen MR) is 85.9 cm³/mol. The maximum absolute atomic E-state index is 12.6. The van der Waals surface area contributed by atoms with Gasteiger partial charge >= 0.3 is 0 Å². The van der Waals surface area contributed by atoms with E-state index >= 15 is 0 Å². The van der Waals surface area contributed by atoms with Gasteiger partial charge in [-0.2, -0.15) is 0 Å². The molecule has 0 bridgehead atoms. The fourth-order valence-electron chi connectivity index (χ4n) is 2.95. The maximum Gasteiger partial charge on any atom is 0.253 e. The van der Waals surface area contributed by atoms with Crippen LogP contribution in [0.25, 0.3) is 0 Å². The van der Waals surface area contributed by atoms with Gasteiger partial charge in [-0.1, -0.05) is 0 Å². The normalized spacial score (nSPS) is 18.0. The van der Waals surface area contributed by atoms with E-state index in [-0.39, 0.29) is 5.91 Å². The predicted octanol–water partition coefficient (Wildman–Crippen LogP) is 2.54. The molecule has 5 heteroatoms. The molecule has 1 saturated heterocycles. The lowest BCUT2D eigenvalue weighted by molar-refractivity contribution is 0.0707. The number of aromatic nitrogens is 2. The highest BCUT2D eigenvalue weighted by atomic mass is 16.2. The maximum atomic E-state index is 12.6. The third-order valence-corrected chi connectivity index (χ3v) is 4.15. The van der Waals surface area contributed by atoms with Crippen molar-refractivity contribution in [3.05, 3.63) is 54.0 Å². The molecule has 0 radical (unpaired) electrons. The molecule has 1 fully saturated rings. The largest absolute Gasteiger partial charge is 0.373 e. The summed E-state index contributed by atoms with van der Waals surface area (Å²) in [4.78, 5) is 22.7. The average Bonchev–Trinajstić information content (AvgIpc) is 2.62. The third-order valence-electron chi connectivity index (χ3n) is 4.15. The molecular formula is C17H20N4O. The number of nitrogens with zero attached hydrogens (tertiary/aromatic N) is 3. The summed E-state index contributed by atoms with van der Waals surface area (Å²) >= 11 is 0. The Morgan fingerprint density at radius 2 is 2.09 bits per heavy atom. The molecule has 22 heavy (non-hydrogen) atoms. The molecule has 0 unspecified atom stereocenters. The highest BCUT2D eigenvalue weighted by molar-refractivity contribution is 5.94. The van der Waals surface area contributed by atoms with Crippen LogP contribution in [-0.2, 0) is 0 Å². The number of likely N-dealkylation sites (tertiary alicyclic amines) is 1. The zero-order chi connectivity index (χ0) is 15.4. The van der Waals surface area contributed by atoms with E-state index in [1.165, 1.54) is 5.56 Å². The van der Waals surface area contributed by atoms with E-state index in [2.05, 4.69) is 21.4 Å². The fourth-order valence-corrected chi connectivity index (χ4v) is 2.95. The molecule has 0 aromatic carbocycles. The number of rotatable bonds is 3. The van der Waals surface area contributed by atoms with Gasteiger partial charge in [-0.05, 0) is 42.7 Å². The molecule has 3 heterocycles. The number of nitrogens with one attached hydrogen (secondary N) is 1. The second kappa shape index (κ2) is 6.56. The van der Waals surface area contributed by atoms with Crippen LogP contribution in [0, 0.1) is 0 Å². The lowest BCUT2D eigenvalue weighted by Gasteiger charge is -2.33. The van der Waals surface area contributed by atoms with Crippen molar-refractivity contribution in [1.82, 2.24) is 14.9 Å². The average molecular weight is 296 g/mol. The molecule has 1 amide bonds. The van der Waals surface area contributed by atoms with E-state index in [1.54, 1.807) is 24.5 Å². The van der Waals surface area contributed by atoms with Crippen LogP contribution in [0.2, 0.25) is 0 Å². The van der Waals surface area contributed by atoms with E-state index in [1.807, 2.05) is 24.2 Å². The van der Waals surface area contributed by atoms with Crippen LogP contribution in [0.15, 0.2) is 42.9 Å². The summed E-state index contributed by atoms with van der Waals surface area (Å²) in [6.07, 6.45) is 7.28. The molecule has 0 aliphatic carbocycles. The van der Waals surface area contributed by atoms with Crippen molar-refractivity contribution in [3.63, 3.8) is 0 Å². The summed E-state index contributed by atoms with van der Waals surface area (Å²) in [5.74, 6) is 1.33. The monoisotopic (exact) mass is 296 g/mol. The molecule has 5 nitrogen and oxygen atoms in total. The zero-order valence-electron chi connectivity index (χ0n) is 12.7. The van der Waals surface area contributed by atoms with Crippen molar-refractivity contribution in [3.8, 4) is 0 Å². The molecular weight excluding hydrogens is 276 g/mol. The highest BCUT2D eigenvalue weighted by Crippen LogP contribution is 2.28. The molecule has 2 aromatic heterocycles. The van der Waals surface area contributed by atoms with Crippen LogP contribution in [0.1, 0.15) is 34.7 Å². The van der Waals surface area contributed by atoms with Crippen LogP contribution >= 0.6 is 0 Å². The quantitative estimate of drug-likeness (QED) is 0.945. The Kier molecular flexibility index (Phi) is 4.32. The minimum absolute atomic E-state index is 0.0926. The number of pyridine rings is 2. The van der Waals surface area contributed by atoms with Gasteiger partial charge in [0, 0.05) is 50.2 Å². The lowest BCUT2D eigenvalue weighted by Crippen LogP contribution is -2.39. The van der Waals surface area contributed by atoms with E-state index in [4.69, 9.17) is 0 Å². The van der Waals surface area contributed by atoms with Crippen molar-refractivity contribution in [2.45, 2.75) is 18.8 Å². The van der Waals surface area contributed by atoms with E-state index in [0.717, 1.165) is 31.7 Å². The Morgan fingerprint density at radius 3 is 2.86 bits per heavy atom. The topological polar surface area (TPSA) is 58.1 Å². The van der Waals surface area contributed by atoms with E-state index in [9.17, 15) is 4.79 Å². The Hall–Kier alpha value is -2.43. The second-order valence-corrected chi connectivity index (χ2v) is 5.55. The Morgan fingerprint density at radius 1 is 1.27 bits per heavy atom. The number of carbonyl (C=O) groups excluding carboxylic acids is 1. The Labute approximate surface area is 130 Å². The number of hydrogen-bond acceptors (Lipinski definition) is 4. The van der Waals surface area contributed by atoms with Crippen LogP contribution in [0.3, 0.4) is 0 Å². The zero-order valence-corrected chi connectivity index (χ0v) is 12.7. The van der Waals surface area contributed by atoms with E-state index in [0.29, 0.717) is 11.5 Å². The first-order chi connectivity index (χ1) is 10.8. The van der Waals surface area contributed by atoms with Crippen LogP contribution in [-0.4, -0.2) is 40.9 Å². The van der Waals surface area contributed by atoms with Crippen LogP contribution in [0.4, 0.5) is 5.82 Å². The number of piperidine rings is 1. The second-order valence-electron chi connectivity index (χ2n) is 5.55. The van der Waals surface area contributed by atoms with Gasteiger partial charge in [0.1, 0.15) is 5.82 Å². The summed E-state index contributed by atoms with van der Waals surface area (Å²) in [7, 11) is 1.87. The van der Waals surface area contributed by atoms with E-state index < -0.39 is 0 Å². The molecule has 114 valence electrons. The van der Waals surface area contributed by atoms with Crippen LogP contribution in [0.5, 0.6) is 0 Å². The van der Waals surface area contributed by atoms with Gasteiger partial charge in [-0.15, -0.1) is 0 Å². The molecule has 0 saturated carbocycles. The smallest absolute Gasteiger partial charge is 0.253 e. The summed E-state index contributed by atoms with van der Waals surface area (Å²) < 4.78 is 0. The summed E-state index contributed by atoms with van der Waals surface area (Å²) in [6.45, 7) is 1.58. The first-order valence-electron chi connectivity index (χ1n) is 7.61. The minimum Gasteiger partial charge on any atom is -0.373 e. The minimum atomic E-state index is 0.0926. The van der Waals surface area contributed by atoms with Gasteiger partial charge in [0.25, 0.3) is 5.91 Å². The highest BCUT2D eigenvalue weighted by Gasteiger charge is 2.25. The van der Waals surface area contributed by atoms with Crippen molar-refractivity contribution in [1.29, 1.82) is 0 Å². The SMILES string of the molecule is CNc1cc([C@@H]2CCCN(C(=O)c3ccncc3)C2)ccn1. The first kappa shape index (κ1) is 14.5. The molecule has 0 spiro atoms. The number of anilines is 1. The van der Waals surface area contributed by atoms with Crippen molar-refractivity contribution >= 4 is 11.7 Å². The van der Waals surface area contributed by atoms with Crippen molar-refractivity contribution in [2.75, 3.05) is 25.5 Å².